The molecule has 0 amide bonds. The molecule has 4 nitrogen and oxygen atoms in total. The SMILES string of the molecule is Cc1ccc2ncnc(NCC(O)Cc3ccccc3)c2c1. The molecule has 1 unspecified atom stereocenters. The Morgan fingerprint density at radius 2 is 1.91 bits per heavy atom. The molecule has 0 bridgehead atoms. The van der Waals surface area contributed by atoms with E-state index < -0.39 is 6.10 Å². The molecule has 0 fully saturated rings. The lowest BCUT2D eigenvalue weighted by Crippen LogP contribution is -2.22. The molecule has 0 spiro atoms. The van der Waals surface area contributed by atoms with Crippen LogP contribution in [0.1, 0.15) is 11.1 Å². The van der Waals surface area contributed by atoms with E-state index in [4.69, 9.17) is 0 Å². The lowest BCUT2D eigenvalue weighted by molar-refractivity contribution is 0.188. The largest absolute Gasteiger partial charge is 0.391 e. The van der Waals surface area contributed by atoms with Gasteiger partial charge in [-0.25, -0.2) is 9.97 Å². The van der Waals surface area contributed by atoms with Crippen LogP contribution in [0.3, 0.4) is 0 Å². The van der Waals surface area contributed by atoms with Crippen molar-refractivity contribution in [3.05, 3.63) is 66.0 Å². The maximum absolute atomic E-state index is 10.2. The van der Waals surface area contributed by atoms with E-state index in [1.165, 1.54) is 0 Å². The van der Waals surface area contributed by atoms with Crippen LogP contribution in [0.25, 0.3) is 10.9 Å². The van der Waals surface area contributed by atoms with Gasteiger partial charge in [0.2, 0.25) is 0 Å². The van der Waals surface area contributed by atoms with E-state index in [1.807, 2.05) is 49.4 Å². The third kappa shape index (κ3) is 3.40. The lowest BCUT2D eigenvalue weighted by atomic mass is 10.1. The molecule has 0 aliphatic carbocycles. The van der Waals surface area contributed by atoms with Crippen LogP contribution in [0.5, 0.6) is 0 Å². The summed E-state index contributed by atoms with van der Waals surface area (Å²) < 4.78 is 0. The van der Waals surface area contributed by atoms with E-state index in [0.29, 0.717) is 13.0 Å². The van der Waals surface area contributed by atoms with Crippen LogP contribution < -0.4 is 5.32 Å². The number of rotatable bonds is 5. The Bertz CT molecular complexity index is 759. The molecule has 112 valence electrons. The van der Waals surface area contributed by atoms with Gasteiger partial charge in [-0.15, -0.1) is 0 Å². The van der Waals surface area contributed by atoms with Gasteiger partial charge < -0.3 is 10.4 Å². The lowest BCUT2D eigenvalue weighted by Gasteiger charge is -2.13. The first-order valence-electron chi connectivity index (χ1n) is 7.39. The predicted octanol–water partition coefficient (Wildman–Crippen LogP) is 2.95. The molecule has 0 saturated heterocycles. The Balaban J connectivity index is 1.70. The van der Waals surface area contributed by atoms with E-state index in [9.17, 15) is 5.11 Å². The maximum Gasteiger partial charge on any atom is 0.137 e. The van der Waals surface area contributed by atoms with Crippen molar-refractivity contribution in [2.75, 3.05) is 11.9 Å². The first-order chi connectivity index (χ1) is 10.7. The smallest absolute Gasteiger partial charge is 0.137 e. The summed E-state index contributed by atoms with van der Waals surface area (Å²) >= 11 is 0. The second-order valence-electron chi connectivity index (χ2n) is 5.47. The molecule has 0 saturated carbocycles. The van der Waals surface area contributed by atoms with Gasteiger partial charge in [-0.3, -0.25) is 0 Å². The fourth-order valence-corrected chi connectivity index (χ4v) is 2.48. The molecule has 0 radical (unpaired) electrons. The Morgan fingerprint density at radius 1 is 1.09 bits per heavy atom. The molecular weight excluding hydrogens is 274 g/mol. The Morgan fingerprint density at radius 3 is 2.73 bits per heavy atom. The zero-order valence-corrected chi connectivity index (χ0v) is 12.5. The second kappa shape index (κ2) is 6.54. The highest BCUT2D eigenvalue weighted by molar-refractivity contribution is 5.89. The summed E-state index contributed by atoms with van der Waals surface area (Å²) in [5.74, 6) is 0.765. The zero-order chi connectivity index (χ0) is 15.4. The third-order valence-corrected chi connectivity index (χ3v) is 3.61. The summed E-state index contributed by atoms with van der Waals surface area (Å²) in [6.07, 6.45) is 1.71. The Kier molecular flexibility index (Phi) is 4.30. The van der Waals surface area contributed by atoms with Crippen molar-refractivity contribution in [2.24, 2.45) is 0 Å². The Labute approximate surface area is 129 Å². The topological polar surface area (TPSA) is 58.0 Å². The van der Waals surface area contributed by atoms with E-state index in [2.05, 4.69) is 21.4 Å². The molecule has 22 heavy (non-hydrogen) atoms. The average Bonchev–Trinajstić information content (AvgIpc) is 2.54. The highest BCUT2D eigenvalue weighted by atomic mass is 16.3. The van der Waals surface area contributed by atoms with Crippen LogP contribution in [0.4, 0.5) is 5.82 Å². The van der Waals surface area contributed by atoms with Gasteiger partial charge in [0.15, 0.2) is 0 Å². The van der Waals surface area contributed by atoms with Gasteiger partial charge in [-0.05, 0) is 24.6 Å². The van der Waals surface area contributed by atoms with Gasteiger partial charge >= 0.3 is 0 Å². The summed E-state index contributed by atoms with van der Waals surface area (Å²) in [4.78, 5) is 8.56. The van der Waals surface area contributed by atoms with Crippen LogP contribution in [-0.4, -0.2) is 27.7 Å². The van der Waals surface area contributed by atoms with Gasteiger partial charge in [-0.1, -0.05) is 42.0 Å². The van der Waals surface area contributed by atoms with Gasteiger partial charge in [0.25, 0.3) is 0 Å². The van der Waals surface area contributed by atoms with Gasteiger partial charge in [0.05, 0.1) is 11.6 Å². The van der Waals surface area contributed by atoms with Gasteiger partial charge in [-0.2, -0.15) is 0 Å². The highest BCUT2D eigenvalue weighted by Gasteiger charge is 2.08. The van der Waals surface area contributed by atoms with Crippen LogP contribution in [-0.2, 0) is 6.42 Å². The van der Waals surface area contributed by atoms with E-state index in [0.717, 1.165) is 27.8 Å². The summed E-state index contributed by atoms with van der Waals surface area (Å²) in [5.41, 5.74) is 3.19. The first kappa shape index (κ1) is 14.5. The van der Waals surface area contributed by atoms with Crippen molar-refractivity contribution in [2.45, 2.75) is 19.4 Å². The summed E-state index contributed by atoms with van der Waals surface area (Å²) in [6, 6.07) is 16.1. The molecule has 0 aliphatic rings. The number of anilines is 1. The van der Waals surface area contributed by atoms with Crippen molar-refractivity contribution in [1.82, 2.24) is 9.97 Å². The number of aromatic nitrogens is 2. The fourth-order valence-electron chi connectivity index (χ4n) is 2.48. The molecule has 2 N–H and O–H groups in total. The molecule has 0 aliphatic heterocycles. The number of hydrogen-bond donors (Lipinski definition) is 2. The van der Waals surface area contributed by atoms with Crippen LogP contribution in [0.15, 0.2) is 54.9 Å². The number of aliphatic hydroxyl groups excluding tert-OH is 1. The molecule has 4 heteroatoms. The number of aliphatic hydroxyl groups is 1. The summed E-state index contributed by atoms with van der Waals surface area (Å²) in [5, 5.41) is 14.4. The molecule has 3 aromatic rings. The van der Waals surface area contributed by atoms with E-state index in [-0.39, 0.29) is 0 Å². The average molecular weight is 293 g/mol. The molecule has 3 rings (SSSR count). The number of nitrogens with one attached hydrogen (secondary N) is 1. The number of nitrogens with zero attached hydrogens (tertiary/aromatic N) is 2. The minimum Gasteiger partial charge on any atom is -0.391 e. The number of aryl methyl sites for hydroxylation is 1. The molecular formula is C18H19N3O. The van der Waals surface area contributed by atoms with Crippen molar-refractivity contribution in [3.8, 4) is 0 Å². The predicted molar refractivity (Wildman–Crippen MR) is 88.9 cm³/mol. The fraction of sp³-hybridized carbons (Fsp3) is 0.222. The molecule has 1 aromatic heterocycles. The maximum atomic E-state index is 10.2. The van der Waals surface area contributed by atoms with Crippen molar-refractivity contribution >= 4 is 16.7 Å². The van der Waals surface area contributed by atoms with Crippen LogP contribution >= 0.6 is 0 Å². The van der Waals surface area contributed by atoms with Gasteiger partial charge in [0.1, 0.15) is 12.1 Å². The van der Waals surface area contributed by atoms with Crippen molar-refractivity contribution in [3.63, 3.8) is 0 Å². The second-order valence-corrected chi connectivity index (χ2v) is 5.47. The van der Waals surface area contributed by atoms with E-state index >= 15 is 0 Å². The minimum absolute atomic E-state index is 0.453. The normalized spacial score (nSPS) is 12.3. The summed E-state index contributed by atoms with van der Waals surface area (Å²) in [6.45, 7) is 2.50. The zero-order valence-electron chi connectivity index (χ0n) is 12.5. The minimum atomic E-state index is -0.461. The monoisotopic (exact) mass is 293 g/mol. The standard InChI is InChI=1S/C18H19N3O/c1-13-7-8-17-16(9-13)18(21-12-20-17)19-11-15(22)10-14-5-3-2-4-6-14/h2-9,12,15,22H,10-11H2,1H3,(H,19,20,21). The van der Waals surface area contributed by atoms with Crippen LogP contribution in [0.2, 0.25) is 0 Å². The van der Waals surface area contributed by atoms with E-state index in [1.54, 1.807) is 6.33 Å². The first-order valence-corrected chi connectivity index (χ1v) is 7.39. The summed E-state index contributed by atoms with van der Waals surface area (Å²) in [7, 11) is 0. The van der Waals surface area contributed by atoms with Gasteiger partial charge in [0, 0.05) is 18.4 Å². The quantitative estimate of drug-likeness (QED) is 0.759. The third-order valence-electron chi connectivity index (χ3n) is 3.61. The number of benzene rings is 2. The van der Waals surface area contributed by atoms with Crippen molar-refractivity contribution < 1.29 is 5.11 Å². The number of hydrogen-bond acceptors (Lipinski definition) is 4. The van der Waals surface area contributed by atoms with Crippen molar-refractivity contribution in [1.29, 1.82) is 0 Å². The number of fused-ring (bicyclic) bond motifs is 1. The van der Waals surface area contributed by atoms with Crippen LogP contribution in [0, 0.1) is 6.92 Å². The highest BCUT2D eigenvalue weighted by Crippen LogP contribution is 2.20. The molecule has 2 aromatic carbocycles. The Hall–Kier alpha value is -2.46. The molecule has 1 heterocycles. The molecule has 1 atom stereocenters.